The Hall–Kier alpha value is -3.36. The van der Waals surface area contributed by atoms with E-state index in [1.165, 1.54) is 40.9 Å². The van der Waals surface area contributed by atoms with E-state index in [1.807, 2.05) is 12.1 Å². The number of nitrogens with one attached hydrogen (secondary N) is 1. The van der Waals surface area contributed by atoms with Gasteiger partial charge in [0, 0.05) is 17.1 Å². The van der Waals surface area contributed by atoms with Crippen LogP contribution in [0.1, 0.15) is 12.0 Å². The fourth-order valence-electron chi connectivity index (χ4n) is 3.29. The van der Waals surface area contributed by atoms with Crippen LogP contribution in [0.5, 0.6) is 5.75 Å². The van der Waals surface area contributed by atoms with Crippen molar-refractivity contribution in [2.24, 2.45) is 4.99 Å². The second-order valence-corrected chi connectivity index (χ2v) is 9.11. The number of ether oxygens (including phenoxy) is 1. The highest BCUT2D eigenvalue weighted by molar-refractivity contribution is 8.15. The van der Waals surface area contributed by atoms with E-state index in [4.69, 9.17) is 16.3 Å². The van der Waals surface area contributed by atoms with E-state index in [9.17, 15) is 14.0 Å². The lowest BCUT2D eigenvalue weighted by Crippen LogP contribution is -2.44. The van der Waals surface area contributed by atoms with Crippen LogP contribution in [-0.4, -0.2) is 34.2 Å². The van der Waals surface area contributed by atoms with Crippen molar-refractivity contribution >= 4 is 51.7 Å². The van der Waals surface area contributed by atoms with Crippen LogP contribution < -0.4 is 10.1 Å². The number of amidine groups is 1. The van der Waals surface area contributed by atoms with Gasteiger partial charge in [-0.2, -0.15) is 0 Å². The molecule has 6 nitrogen and oxygen atoms in total. The van der Waals surface area contributed by atoms with Crippen molar-refractivity contribution in [1.29, 1.82) is 0 Å². The molecule has 0 unspecified atom stereocenters. The Morgan fingerprint density at radius 3 is 2.44 bits per heavy atom. The first-order valence-corrected chi connectivity index (χ1v) is 11.7. The molecule has 0 spiro atoms. The number of halogens is 2. The predicted molar refractivity (Wildman–Crippen MR) is 133 cm³/mol. The maximum absolute atomic E-state index is 13.4. The molecule has 0 aliphatic carbocycles. The summed E-state index contributed by atoms with van der Waals surface area (Å²) in [5.41, 5.74) is 1.94. The first-order chi connectivity index (χ1) is 16.4. The summed E-state index contributed by atoms with van der Waals surface area (Å²) in [4.78, 5) is 32.2. The van der Waals surface area contributed by atoms with Crippen LogP contribution in [-0.2, 0) is 16.1 Å². The molecule has 2 amide bonds. The normalized spacial score (nSPS) is 17.0. The average Bonchev–Trinajstić information content (AvgIpc) is 2.84. The van der Waals surface area contributed by atoms with Crippen LogP contribution in [0.25, 0.3) is 0 Å². The van der Waals surface area contributed by atoms with Gasteiger partial charge in [0.15, 0.2) is 5.17 Å². The zero-order chi connectivity index (χ0) is 24.1. The van der Waals surface area contributed by atoms with Gasteiger partial charge in [-0.1, -0.05) is 35.5 Å². The van der Waals surface area contributed by atoms with Crippen LogP contribution in [0.3, 0.4) is 0 Å². The van der Waals surface area contributed by atoms with E-state index in [-0.39, 0.29) is 30.6 Å². The minimum Gasteiger partial charge on any atom is -0.497 e. The van der Waals surface area contributed by atoms with Crippen LogP contribution in [0.2, 0.25) is 5.02 Å². The monoisotopic (exact) mass is 497 g/mol. The topological polar surface area (TPSA) is 71.0 Å². The maximum atomic E-state index is 13.4. The Morgan fingerprint density at radius 2 is 1.79 bits per heavy atom. The highest BCUT2D eigenvalue weighted by Gasteiger charge is 2.36. The lowest BCUT2D eigenvalue weighted by atomic mass is 10.2. The number of amides is 2. The quantitative estimate of drug-likeness (QED) is 0.478. The summed E-state index contributed by atoms with van der Waals surface area (Å²) in [6.07, 6.45) is 0.0165. The second kappa shape index (κ2) is 10.7. The van der Waals surface area contributed by atoms with Gasteiger partial charge in [0.1, 0.15) is 16.8 Å². The van der Waals surface area contributed by atoms with Gasteiger partial charge >= 0.3 is 0 Å². The largest absolute Gasteiger partial charge is 0.497 e. The van der Waals surface area contributed by atoms with E-state index in [2.05, 4.69) is 10.3 Å². The fraction of sp³-hybridized carbons (Fsp3) is 0.160. The number of anilines is 1. The summed E-state index contributed by atoms with van der Waals surface area (Å²) < 4.78 is 18.5. The van der Waals surface area contributed by atoms with Crippen molar-refractivity contribution in [3.05, 3.63) is 89.2 Å². The summed E-state index contributed by atoms with van der Waals surface area (Å²) in [7, 11) is 1.57. The van der Waals surface area contributed by atoms with E-state index >= 15 is 0 Å². The zero-order valence-corrected chi connectivity index (χ0v) is 19.8. The molecule has 1 fully saturated rings. The zero-order valence-electron chi connectivity index (χ0n) is 18.2. The van der Waals surface area contributed by atoms with Gasteiger partial charge in [-0.25, -0.2) is 9.38 Å². The van der Waals surface area contributed by atoms with Gasteiger partial charge < -0.3 is 10.1 Å². The third-order valence-electron chi connectivity index (χ3n) is 5.09. The molecule has 0 aromatic heterocycles. The van der Waals surface area contributed by atoms with Crippen molar-refractivity contribution in [3.8, 4) is 5.75 Å². The lowest BCUT2D eigenvalue weighted by Gasteiger charge is -2.32. The van der Waals surface area contributed by atoms with Crippen molar-refractivity contribution < 1.29 is 18.7 Å². The minimum absolute atomic E-state index is 0.0165. The first-order valence-electron chi connectivity index (χ1n) is 10.4. The Balaban J connectivity index is 1.57. The molecule has 1 N–H and O–H groups in total. The summed E-state index contributed by atoms with van der Waals surface area (Å²) in [6.45, 7) is 0.274. The highest BCUT2D eigenvalue weighted by Crippen LogP contribution is 2.31. The molecule has 3 aromatic rings. The molecular formula is C25H21ClFN3O3S. The number of hydrogen-bond donors (Lipinski definition) is 1. The molecule has 174 valence electrons. The van der Waals surface area contributed by atoms with Crippen LogP contribution in [0, 0.1) is 5.82 Å². The molecular weight excluding hydrogens is 477 g/mol. The number of aliphatic imine (C=N–C) groups is 1. The maximum Gasteiger partial charge on any atom is 0.238 e. The van der Waals surface area contributed by atoms with Gasteiger partial charge in [-0.15, -0.1) is 0 Å². The highest BCUT2D eigenvalue weighted by atomic mass is 35.5. The van der Waals surface area contributed by atoms with Gasteiger partial charge in [0.05, 0.1) is 19.3 Å². The van der Waals surface area contributed by atoms with Crippen LogP contribution in [0.15, 0.2) is 77.8 Å². The molecule has 1 aliphatic rings. The van der Waals surface area contributed by atoms with E-state index in [0.29, 0.717) is 27.3 Å². The standard InChI is InChI=1S/C25H21ClFN3O3S/c1-33-21-12-10-19(11-13-21)28-24(32)22-14-23(31)30(15-16-2-4-17(26)5-3-16)25(34-22)29-20-8-6-18(27)7-9-20/h2-13,22H,14-15H2,1H3,(H,28,32)/t22-/m1/s1. The second-order valence-electron chi connectivity index (χ2n) is 7.51. The van der Waals surface area contributed by atoms with Crippen molar-refractivity contribution in [2.45, 2.75) is 18.2 Å². The van der Waals surface area contributed by atoms with Gasteiger partial charge in [-0.05, 0) is 66.2 Å². The van der Waals surface area contributed by atoms with Crippen molar-refractivity contribution in [1.82, 2.24) is 4.90 Å². The number of carbonyl (C=O) groups is 2. The number of carbonyl (C=O) groups excluding carboxylic acids is 2. The van der Waals surface area contributed by atoms with Crippen LogP contribution in [0.4, 0.5) is 15.8 Å². The molecule has 0 radical (unpaired) electrons. The number of benzene rings is 3. The third-order valence-corrected chi connectivity index (χ3v) is 6.53. The Labute approximate surface area is 205 Å². The van der Waals surface area contributed by atoms with E-state index in [1.54, 1.807) is 43.5 Å². The molecule has 1 atom stereocenters. The van der Waals surface area contributed by atoms with Gasteiger partial charge in [-0.3, -0.25) is 14.5 Å². The molecule has 1 aliphatic heterocycles. The number of nitrogens with zero attached hydrogens (tertiary/aromatic N) is 2. The van der Waals surface area contributed by atoms with E-state index < -0.39 is 5.25 Å². The van der Waals surface area contributed by atoms with Crippen molar-refractivity contribution in [2.75, 3.05) is 12.4 Å². The SMILES string of the molecule is COc1ccc(NC(=O)[C@H]2CC(=O)N(Cc3ccc(Cl)cc3)C(=Nc3ccc(F)cc3)S2)cc1. The molecule has 0 saturated carbocycles. The molecule has 9 heteroatoms. The molecule has 34 heavy (non-hydrogen) atoms. The summed E-state index contributed by atoms with van der Waals surface area (Å²) in [5, 5.41) is 3.13. The number of hydrogen-bond acceptors (Lipinski definition) is 5. The summed E-state index contributed by atoms with van der Waals surface area (Å²) in [5.74, 6) is -0.247. The number of rotatable bonds is 6. The third kappa shape index (κ3) is 5.95. The number of methoxy groups -OCH3 is 1. The fourth-order valence-corrected chi connectivity index (χ4v) is 4.52. The first kappa shape index (κ1) is 23.8. The minimum atomic E-state index is -0.671. The van der Waals surface area contributed by atoms with Crippen molar-refractivity contribution in [3.63, 3.8) is 0 Å². The molecule has 0 bridgehead atoms. The lowest BCUT2D eigenvalue weighted by molar-refractivity contribution is -0.129. The summed E-state index contributed by atoms with van der Waals surface area (Å²) in [6, 6.07) is 19.7. The predicted octanol–water partition coefficient (Wildman–Crippen LogP) is 5.65. The Bertz CT molecular complexity index is 1200. The molecule has 4 rings (SSSR count). The molecule has 3 aromatic carbocycles. The number of thioether (sulfide) groups is 1. The van der Waals surface area contributed by atoms with Crippen LogP contribution >= 0.6 is 23.4 Å². The van der Waals surface area contributed by atoms with Gasteiger partial charge in [0.2, 0.25) is 11.8 Å². The Kier molecular flexibility index (Phi) is 7.49. The molecule has 1 heterocycles. The molecule has 1 saturated heterocycles. The smallest absolute Gasteiger partial charge is 0.238 e. The average molecular weight is 498 g/mol. The van der Waals surface area contributed by atoms with Gasteiger partial charge in [0.25, 0.3) is 0 Å². The Morgan fingerprint density at radius 1 is 1.12 bits per heavy atom. The van der Waals surface area contributed by atoms with E-state index in [0.717, 1.165) is 5.56 Å². The summed E-state index contributed by atoms with van der Waals surface area (Å²) >= 11 is 7.18.